The molecule has 1 aliphatic heterocycles. The maximum Gasteiger partial charge on any atom is 0.299 e. The van der Waals surface area contributed by atoms with Crippen LogP contribution < -0.4 is 4.90 Å². The summed E-state index contributed by atoms with van der Waals surface area (Å²) in [4.78, 5) is 26.2. The van der Waals surface area contributed by atoms with Crippen LogP contribution in [-0.4, -0.2) is 11.7 Å². The molecule has 0 radical (unpaired) electrons. The summed E-state index contributed by atoms with van der Waals surface area (Å²) in [6, 6.07) is 11.7. The molecule has 0 bridgehead atoms. The minimum atomic E-state index is -0.483. The van der Waals surface area contributed by atoms with E-state index in [1.54, 1.807) is 11.0 Å². The number of nitrogens with zero attached hydrogens (tertiary/aromatic N) is 1. The van der Waals surface area contributed by atoms with Gasteiger partial charge in [0.2, 0.25) is 0 Å². The van der Waals surface area contributed by atoms with Crippen LogP contribution in [0.25, 0.3) is 0 Å². The zero-order valence-corrected chi connectivity index (χ0v) is 16.9. The number of benzene rings is 2. The average molecular weight is 451 g/mol. The highest BCUT2D eigenvalue weighted by Gasteiger charge is 2.37. The number of hydrogen-bond acceptors (Lipinski definition) is 2. The molecule has 0 aromatic heterocycles. The fourth-order valence-electron chi connectivity index (χ4n) is 2.80. The summed E-state index contributed by atoms with van der Waals surface area (Å²) in [5.41, 5.74) is 3.40. The third-order valence-electron chi connectivity index (χ3n) is 4.14. The maximum absolute atomic E-state index is 12.4. The first-order valence-corrected chi connectivity index (χ1v) is 9.22. The van der Waals surface area contributed by atoms with Crippen LogP contribution in [0.1, 0.15) is 42.3 Å². The summed E-state index contributed by atoms with van der Waals surface area (Å²) in [7, 11) is 0. The van der Waals surface area contributed by atoms with Gasteiger partial charge in [-0.25, -0.2) is 0 Å². The number of anilines is 1. The number of Topliss-reactive ketones (excluding diaryl/α,β-unsaturated/α-hetero) is 1. The summed E-state index contributed by atoms with van der Waals surface area (Å²) in [5.74, 6) is -0.943. The molecule has 124 valence electrons. The Morgan fingerprint density at radius 1 is 1.00 bits per heavy atom. The Bertz CT molecular complexity index is 836. The van der Waals surface area contributed by atoms with Crippen molar-refractivity contribution in [1.29, 1.82) is 0 Å². The second-order valence-electron chi connectivity index (χ2n) is 6.95. The Morgan fingerprint density at radius 3 is 2.21 bits per heavy atom. The predicted molar refractivity (Wildman–Crippen MR) is 103 cm³/mol. The SMILES string of the molecule is CC(C)(C)c1ccc(CN2C(=O)C(=O)c3cc(Br)cc(Br)c32)cc1. The molecule has 0 saturated carbocycles. The first-order valence-electron chi connectivity index (χ1n) is 7.63. The molecule has 3 nitrogen and oxygen atoms in total. The number of carbonyl (C=O) groups excluding carboxylic acids is 2. The van der Waals surface area contributed by atoms with Crippen LogP contribution >= 0.6 is 31.9 Å². The van der Waals surface area contributed by atoms with Gasteiger partial charge in [0, 0.05) is 8.95 Å². The van der Waals surface area contributed by atoms with Crippen molar-refractivity contribution in [2.75, 3.05) is 4.90 Å². The minimum absolute atomic E-state index is 0.0832. The van der Waals surface area contributed by atoms with Crippen molar-refractivity contribution in [3.63, 3.8) is 0 Å². The summed E-state index contributed by atoms with van der Waals surface area (Å²) < 4.78 is 1.50. The molecule has 0 aliphatic carbocycles. The smallest absolute Gasteiger partial charge is 0.299 e. The normalized spacial score (nSPS) is 14.3. The number of hydrogen-bond donors (Lipinski definition) is 0. The molecule has 24 heavy (non-hydrogen) atoms. The molecular formula is C19H17Br2NO2. The van der Waals surface area contributed by atoms with E-state index in [1.807, 2.05) is 18.2 Å². The maximum atomic E-state index is 12.4. The lowest BCUT2D eigenvalue weighted by atomic mass is 9.87. The fraction of sp³-hybridized carbons (Fsp3) is 0.263. The molecule has 5 heteroatoms. The summed E-state index contributed by atoms with van der Waals surface area (Å²) >= 11 is 6.83. The van der Waals surface area contributed by atoms with Gasteiger partial charge in [0.1, 0.15) is 0 Å². The van der Waals surface area contributed by atoms with Crippen molar-refractivity contribution in [1.82, 2.24) is 0 Å². The number of fused-ring (bicyclic) bond motifs is 1. The van der Waals surface area contributed by atoms with Crippen molar-refractivity contribution < 1.29 is 9.59 Å². The van der Waals surface area contributed by atoms with E-state index in [-0.39, 0.29) is 5.41 Å². The van der Waals surface area contributed by atoms with Crippen LogP contribution in [0.15, 0.2) is 45.3 Å². The summed E-state index contributed by atoms with van der Waals surface area (Å²) in [6.07, 6.45) is 0. The summed E-state index contributed by atoms with van der Waals surface area (Å²) in [6.45, 7) is 6.86. The van der Waals surface area contributed by atoms with E-state index in [1.165, 1.54) is 5.56 Å². The van der Waals surface area contributed by atoms with Crippen molar-refractivity contribution >= 4 is 49.2 Å². The lowest BCUT2D eigenvalue weighted by Gasteiger charge is -2.21. The molecular weight excluding hydrogens is 434 g/mol. The minimum Gasteiger partial charge on any atom is -0.299 e. The molecule has 0 N–H and O–H groups in total. The first-order chi connectivity index (χ1) is 11.2. The molecule has 0 spiro atoms. The molecule has 1 heterocycles. The number of ketones is 1. The van der Waals surface area contributed by atoms with Gasteiger partial charge in [0.25, 0.3) is 11.7 Å². The zero-order chi connectivity index (χ0) is 17.6. The number of halogens is 2. The van der Waals surface area contributed by atoms with Gasteiger partial charge in [-0.15, -0.1) is 0 Å². The van der Waals surface area contributed by atoms with Gasteiger partial charge in [0.05, 0.1) is 17.8 Å². The first kappa shape index (κ1) is 17.4. The van der Waals surface area contributed by atoms with Gasteiger partial charge in [-0.3, -0.25) is 14.5 Å². The number of amides is 1. The molecule has 1 aliphatic rings. The van der Waals surface area contributed by atoms with Crippen LogP contribution in [0.2, 0.25) is 0 Å². The third-order valence-corrected chi connectivity index (χ3v) is 5.21. The van der Waals surface area contributed by atoms with Gasteiger partial charge in [0.15, 0.2) is 0 Å². The van der Waals surface area contributed by atoms with E-state index in [0.29, 0.717) is 17.8 Å². The van der Waals surface area contributed by atoms with Gasteiger partial charge in [-0.05, 0) is 44.6 Å². The van der Waals surface area contributed by atoms with Crippen molar-refractivity contribution in [2.24, 2.45) is 0 Å². The Morgan fingerprint density at radius 2 is 1.62 bits per heavy atom. The lowest BCUT2D eigenvalue weighted by molar-refractivity contribution is -0.114. The van der Waals surface area contributed by atoms with Gasteiger partial charge >= 0.3 is 0 Å². The second-order valence-corrected chi connectivity index (χ2v) is 8.72. The standard InChI is InChI=1S/C19H17Br2NO2/c1-19(2,3)12-6-4-11(5-7-12)10-22-16-14(17(23)18(22)24)8-13(20)9-15(16)21/h4-9H,10H2,1-3H3. The van der Waals surface area contributed by atoms with E-state index >= 15 is 0 Å². The largest absolute Gasteiger partial charge is 0.299 e. The van der Waals surface area contributed by atoms with Crippen LogP contribution in [0.4, 0.5) is 5.69 Å². The van der Waals surface area contributed by atoms with E-state index in [0.717, 1.165) is 14.5 Å². The lowest BCUT2D eigenvalue weighted by Crippen LogP contribution is -2.29. The fourth-order valence-corrected chi connectivity index (χ4v) is 4.24. The highest BCUT2D eigenvalue weighted by atomic mass is 79.9. The van der Waals surface area contributed by atoms with E-state index in [4.69, 9.17) is 0 Å². The van der Waals surface area contributed by atoms with E-state index < -0.39 is 11.7 Å². The molecule has 0 atom stereocenters. The highest BCUT2D eigenvalue weighted by molar-refractivity contribution is 9.11. The quantitative estimate of drug-likeness (QED) is 0.586. The second kappa shape index (κ2) is 6.12. The van der Waals surface area contributed by atoms with Crippen LogP contribution in [0, 0.1) is 0 Å². The zero-order valence-electron chi connectivity index (χ0n) is 13.7. The molecule has 2 aromatic rings. The highest BCUT2D eigenvalue weighted by Crippen LogP contribution is 2.39. The Hall–Kier alpha value is -1.46. The molecule has 0 fully saturated rings. The van der Waals surface area contributed by atoms with Crippen molar-refractivity contribution in [3.8, 4) is 0 Å². The van der Waals surface area contributed by atoms with Crippen LogP contribution in [0.3, 0.4) is 0 Å². The molecule has 2 aromatic carbocycles. The summed E-state index contributed by atoms with van der Waals surface area (Å²) in [5, 5.41) is 0. The molecule has 3 rings (SSSR count). The van der Waals surface area contributed by atoms with E-state index in [9.17, 15) is 9.59 Å². The van der Waals surface area contributed by atoms with Gasteiger partial charge in [-0.1, -0.05) is 61.0 Å². The molecule has 0 saturated heterocycles. The molecule has 1 amide bonds. The van der Waals surface area contributed by atoms with Crippen molar-refractivity contribution in [2.45, 2.75) is 32.7 Å². The van der Waals surface area contributed by atoms with Crippen molar-refractivity contribution in [3.05, 3.63) is 62.0 Å². The monoisotopic (exact) mass is 449 g/mol. The Labute approximate surface area is 158 Å². The van der Waals surface area contributed by atoms with Gasteiger partial charge < -0.3 is 0 Å². The van der Waals surface area contributed by atoms with Crippen LogP contribution in [-0.2, 0) is 16.8 Å². The van der Waals surface area contributed by atoms with Crippen LogP contribution in [0.5, 0.6) is 0 Å². The van der Waals surface area contributed by atoms with Gasteiger partial charge in [-0.2, -0.15) is 0 Å². The number of rotatable bonds is 2. The van der Waals surface area contributed by atoms with E-state index in [2.05, 4.69) is 64.8 Å². The topological polar surface area (TPSA) is 37.4 Å². The number of carbonyl (C=O) groups is 2. The Balaban J connectivity index is 1.95. The predicted octanol–water partition coefficient (Wildman–Crippen LogP) is 5.24. The third kappa shape index (κ3) is 3.07. The average Bonchev–Trinajstić information content (AvgIpc) is 2.72. The molecule has 0 unspecified atom stereocenters. The Kier molecular flexibility index (Phi) is 4.43.